The molecule has 0 aromatic rings. The van der Waals surface area contributed by atoms with Crippen molar-refractivity contribution in [3.05, 3.63) is 0 Å². The molecule has 0 amide bonds. The minimum absolute atomic E-state index is 0.0116. The van der Waals surface area contributed by atoms with Crippen molar-refractivity contribution in [1.82, 2.24) is 0 Å². The zero-order chi connectivity index (χ0) is 7.72. The highest BCUT2D eigenvalue weighted by Gasteiger charge is 2.37. The fraction of sp³-hybridized carbons (Fsp3) is 0.857. The second-order valence-corrected chi connectivity index (χ2v) is 2.89. The lowest BCUT2D eigenvalue weighted by molar-refractivity contribution is -0.122. The number of Topliss-reactive ketones (excluding diaryl/α,β-unsaturated/α-hetero) is 1. The number of hydrogen-bond donors (Lipinski definition) is 2. The van der Waals surface area contributed by atoms with Crippen LogP contribution in [0.3, 0.4) is 0 Å². The highest BCUT2D eigenvalue weighted by atomic mass is 16.3. The summed E-state index contributed by atoms with van der Waals surface area (Å²) in [6, 6.07) is 0. The Morgan fingerprint density at radius 1 is 1.70 bits per heavy atom. The van der Waals surface area contributed by atoms with Gasteiger partial charge in [0, 0.05) is 12.3 Å². The van der Waals surface area contributed by atoms with E-state index >= 15 is 0 Å². The van der Waals surface area contributed by atoms with Crippen LogP contribution in [0.2, 0.25) is 0 Å². The fourth-order valence-corrected chi connectivity index (χ4v) is 1.37. The molecule has 1 rings (SSSR count). The maximum absolute atomic E-state index is 10.9. The molecule has 1 fully saturated rings. The Labute approximate surface area is 59.7 Å². The first-order chi connectivity index (χ1) is 4.66. The molecule has 0 radical (unpaired) electrons. The molecular formula is C7H12O3. The van der Waals surface area contributed by atoms with Gasteiger partial charge in [-0.15, -0.1) is 0 Å². The van der Waals surface area contributed by atoms with E-state index in [1.54, 1.807) is 6.92 Å². The maximum atomic E-state index is 10.9. The molecule has 10 heavy (non-hydrogen) atoms. The lowest BCUT2D eigenvalue weighted by Crippen LogP contribution is -2.20. The van der Waals surface area contributed by atoms with Crippen molar-refractivity contribution < 1.29 is 15.0 Å². The molecule has 3 unspecified atom stereocenters. The summed E-state index contributed by atoms with van der Waals surface area (Å²) in [6.45, 7) is 1.66. The lowest BCUT2D eigenvalue weighted by atomic mass is 9.98. The van der Waals surface area contributed by atoms with Crippen molar-refractivity contribution in [1.29, 1.82) is 0 Å². The summed E-state index contributed by atoms with van der Waals surface area (Å²) in [5.74, 6) is -0.407. The quantitative estimate of drug-likeness (QED) is 0.524. The van der Waals surface area contributed by atoms with Gasteiger partial charge in [-0.25, -0.2) is 0 Å². The summed E-state index contributed by atoms with van der Waals surface area (Å²) in [5.41, 5.74) is 0. The smallest absolute Gasteiger partial charge is 0.141 e. The monoisotopic (exact) mass is 144 g/mol. The third-order valence-electron chi connectivity index (χ3n) is 2.26. The molecule has 3 heteroatoms. The van der Waals surface area contributed by atoms with Gasteiger partial charge in [0.2, 0.25) is 0 Å². The largest absolute Gasteiger partial charge is 0.396 e. The molecule has 0 aliphatic heterocycles. The molecule has 58 valence electrons. The minimum Gasteiger partial charge on any atom is -0.396 e. The number of hydrogen-bond acceptors (Lipinski definition) is 3. The van der Waals surface area contributed by atoms with Gasteiger partial charge < -0.3 is 10.2 Å². The summed E-state index contributed by atoms with van der Waals surface area (Å²) >= 11 is 0. The second-order valence-electron chi connectivity index (χ2n) is 2.89. The Morgan fingerprint density at radius 3 is 2.50 bits per heavy atom. The summed E-state index contributed by atoms with van der Waals surface area (Å²) < 4.78 is 0. The SMILES string of the molecule is CC1C(O)CC(=O)C1CO. The zero-order valence-corrected chi connectivity index (χ0v) is 5.95. The van der Waals surface area contributed by atoms with Gasteiger partial charge in [0.05, 0.1) is 12.7 Å². The summed E-state index contributed by atoms with van der Waals surface area (Å²) in [4.78, 5) is 10.9. The van der Waals surface area contributed by atoms with E-state index in [1.807, 2.05) is 0 Å². The van der Waals surface area contributed by atoms with Crippen molar-refractivity contribution >= 4 is 5.78 Å². The van der Waals surface area contributed by atoms with Crippen molar-refractivity contribution in [2.75, 3.05) is 6.61 Å². The van der Waals surface area contributed by atoms with Crippen molar-refractivity contribution in [3.8, 4) is 0 Å². The molecule has 0 bridgehead atoms. The van der Waals surface area contributed by atoms with Gasteiger partial charge in [-0.3, -0.25) is 4.79 Å². The first kappa shape index (κ1) is 7.69. The molecule has 1 aliphatic carbocycles. The van der Waals surface area contributed by atoms with Gasteiger partial charge in [0.1, 0.15) is 5.78 Å². The topological polar surface area (TPSA) is 57.5 Å². The molecule has 0 aromatic carbocycles. The van der Waals surface area contributed by atoms with Crippen LogP contribution < -0.4 is 0 Å². The van der Waals surface area contributed by atoms with Crippen LogP contribution in [0.15, 0.2) is 0 Å². The molecule has 0 heterocycles. The summed E-state index contributed by atoms with van der Waals surface area (Å²) in [6.07, 6.45) is -0.323. The summed E-state index contributed by atoms with van der Waals surface area (Å²) in [5, 5.41) is 17.8. The van der Waals surface area contributed by atoms with Crippen molar-refractivity contribution in [2.24, 2.45) is 11.8 Å². The van der Waals surface area contributed by atoms with Crippen LogP contribution in [0.5, 0.6) is 0 Å². The third kappa shape index (κ3) is 1.07. The van der Waals surface area contributed by atoms with Gasteiger partial charge in [-0.1, -0.05) is 6.92 Å². The van der Waals surface area contributed by atoms with E-state index in [0.29, 0.717) is 0 Å². The van der Waals surface area contributed by atoms with Crippen LogP contribution in [0, 0.1) is 11.8 Å². The number of aliphatic hydroxyl groups excluding tert-OH is 2. The molecule has 1 aliphatic rings. The van der Waals surface area contributed by atoms with Gasteiger partial charge in [0.25, 0.3) is 0 Å². The average Bonchev–Trinajstić information content (AvgIpc) is 2.09. The maximum Gasteiger partial charge on any atom is 0.141 e. The van der Waals surface area contributed by atoms with Gasteiger partial charge >= 0.3 is 0 Å². The average molecular weight is 144 g/mol. The first-order valence-corrected chi connectivity index (χ1v) is 3.48. The number of ketones is 1. The van der Waals surface area contributed by atoms with Gasteiger partial charge in [-0.2, -0.15) is 0 Å². The first-order valence-electron chi connectivity index (χ1n) is 3.48. The number of carbonyl (C=O) groups excluding carboxylic acids is 1. The highest BCUT2D eigenvalue weighted by molar-refractivity contribution is 5.84. The van der Waals surface area contributed by atoms with Crippen LogP contribution in [-0.4, -0.2) is 28.7 Å². The van der Waals surface area contributed by atoms with Crippen molar-refractivity contribution in [2.45, 2.75) is 19.4 Å². The molecule has 0 aromatic heterocycles. The normalized spacial score (nSPS) is 40.7. The Kier molecular flexibility index (Phi) is 2.06. The van der Waals surface area contributed by atoms with Crippen molar-refractivity contribution in [3.63, 3.8) is 0 Å². The van der Waals surface area contributed by atoms with E-state index in [4.69, 9.17) is 10.2 Å². The lowest BCUT2D eigenvalue weighted by Gasteiger charge is -2.11. The Morgan fingerprint density at radius 2 is 2.30 bits per heavy atom. The zero-order valence-electron chi connectivity index (χ0n) is 5.95. The standard InChI is InChI=1S/C7H12O3/c1-4-5(3-8)7(10)2-6(4)9/h4-6,8-9H,2-3H2,1H3. The van der Waals surface area contributed by atoms with E-state index in [9.17, 15) is 4.79 Å². The summed E-state index contributed by atoms with van der Waals surface area (Å²) in [7, 11) is 0. The number of rotatable bonds is 1. The van der Waals surface area contributed by atoms with E-state index in [-0.39, 0.29) is 30.6 Å². The van der Waals surface area contributed by atoms with Crippen LogP contribution in [-0.2, 0) is 4.79 Å². The van der Waals surface area contributed by atoms with Gasteiger partial charge in [-0.05, 0) is 5.92 Å². The van der Waals surface area contributed by atoms with E-state index in [1.165, 1.54) is 0 Å². The van der Waals surface area contributed by atoms with Gasteiger partial charge in [0.15, 0.2) is 0 Å². The van der Waals surface area contributed by atoms with E-state index in [0.717, 1.165) is 0 Å². The van der Waals surface area contributed by atoms with Crippen LogP contribution in [0.1, 0.15) is 13.3 Å². The Hall–Kier alpha value is -0.410. The molecular weight excluding hydrogens is 132 g/mol. The van der Waals surface area contributed by atoms with E-state index < -0.39 is 6.10 Å². The molecule has 0 spiro atoms. The predicted octanol–water partition coefficient (Wildman–Crippen LogP) is -0.435. The third-order valence-corrected chi connectivity index (χ3v) is 2.26. The highest BCUT2D eigenvalue weighted by Crippen LogP contribution is 2.27. The molecule has 2 N–H and O–H groups in total. The molecule has 3 nitrogen and oxygen atoms in total. The van der Waals surface area contributed by atoms with Crippen LogP contribution >= 0.6 is 0 Å². The van der Waals surface area contributed by atoms with Crippen LogP contribution in [0.25, 0.3) is 0 Å². The van der Waals surface area contributed by atoms with Crippen LogP contribution in [0.4, 0.5) is 0 Å². The number of carbonyl (C=O) groups is 1. The Bertz CT molecular complexity index is 144. The molecule has 1 saturated carbocycles. The fourth-order valence-electron chi connectivity index (χ4n) is 1.37. The minimum atomic E-state index is -0.537. The van der Waals surface area contributed by atoms with E-state index in [2.05, 4.69) is 0 Å². The Balaban J connectivity index is 2.64. The molecule has 0 saturated heterocycles. The molecule has 3 atom stereocenters. The predicted molar refractivity (Wildman–Crippen MR) is 35.4 cm³/mol. The second kappa shape index (κ2) is 2.68. The number of aliphatic hydroxyl groups is 2.